The molecule has 0 amide bonds. The van der Waals surface area contributed by atoms with E-state index in [-0.39, 0.29) is 0 Å². The van der Waals surface area contributed by atoms with E-state index in [1.165, 1.54) is 0 Å². The maximum absolute atomic E-state index is 11.2. The van der Waals surface area contributed by atoms with Crippen LogP contribution in [0.2, 0.25) is 0 Å². The summed E-state index contributed by atoms with van der Waals surface area (Å²) in [5, 5.41) is 19.8. The summed E-state index contributed by atoms with van der Waals surface area (Å²) in [5.74, 6) is -0.912. The molecule has 6 heteroatoms. The number of nitrogens with one attached hydrogen (secondary N) is 1. The minimum atomic E-state index is -0.912. The van der Waals surface area contributed by atoms with Gasteiger partial charge in [-0.15, -0.1) is 5.10 Å². The molecule has 1 aromatic carbocycles. The van der Waals surface area contributed by atoms with Crippen molar-refractivity contribution in [3.63, 3.8) is 0 Å². The Hall–Kier alpha value is -2.21. The molecule has 0 spiro atoms. The molecule has 0 radical (unpaired) electrons. The standard InChI is InChI=1S/C12H14N4O2/c1-16-8-10(14-15-16)7-13-11(12(17)18)9-5-3-2-4-6-9/h2-6,8,11,13H,7H2,1H3,(H,17,18). The van der Waals surface area contributed by atoms with E-state index in [2.05, 4.69) is 15.6 Å². The van der Waals surface area contributed by atoms with E-state index < -0.39 is 12.0 Å². The minimum absolute atomic E-state index is 0.361. The van der Waals surface area contributed by atoms with Crippen molar-refractivity contribution < 1.29 is 9.90 Å². The second kappa shape index (κ2) is 5.42. The van der Waals surface area contributed by atoms with Crippen molar-refractivity contribution in [2.24, 2.45) is 7.05 Å². The van der Waals surface area contributed by atoms with Crippen molar-refractivity contribution in [1.29, 1.82) is 0 Å². The maximum atomic E-state index is 11.2. The van der Waals surface area contributed by atoms with Gasteiger partial charge in [0.25, 0.3) is 0 Å². The molecule has 0 aliphatic carbocycles. The highest BCUT2D eigenvalue weighted by Crippen LogP contribution is 2.13. The van der Waals surface area contributed by atoms with Crippen LogP contribution < -0.4 is 5.32 Å². The number of hydrogen-bond acceptors (Lipinski definition) is 4. The summed E-state index contributed by atoms with van der Waals surface area (Å²) in [6.45, 7) is 0.361. The zero-order valence-electron chi connectivity index (χ0n) is 9.95. The molecular formula is C12H14N4O2. The Labute approximate surface area is 104 Å². The van der Waals surface area contributed by atoms with Crippen LogP contribution in [0.25, 0.3) is 0 Å². The molecule has 2 N–H and O–H groups in total. The van der Waals surface area contributed by atoms with Gasteiger partial charge in [0.2, 0.25) is 0 Å². The minimum Gasteiger partial charge on any atom is -0.480 e. The van der Waals surface area contributed by atoms with Crippen LogP contribution >= 0.6 is 0 Å². The molecule has 1 heterocycles. The van der Waals surface area contributed by atoms with Crippen molar-refractivity contribution in [1.82, 2.24) is 20.3 Å². The van der Waals surface area contributed by atoms with Gasteiger partial charge in [0, 0.05) is 19.8 Å². The van der Waals surface area contributed by atoms with Crippen molar-refractivity contribution >= 4 is 5.97 Å². The lowest BCUT2D eigenvalue weighted by Crippen LogP contribution is -2.28. The Kier molecular flexibility index (Phi) is 3.69. The molecule has 2 rings (SSSR count). The van der Waals surface area contributed by atoms with Gasteiger partial charge in [0.15, 0.2) is 0 Å². The number of aromatic nitrogens is 3. The summed E-state index contributed by atoms with van der Waals surface area (Å²) in [7, 11) is 1.77. The van der Waals surface area contributed by atoms with Crippen LogP contribution in [0.1, 0.15) is 17.3 Å². The molecule has 0 aliphatic rings. The van der Waals surface area contributed by atoms with E-state index in [9.17, 15) is 9.90 Å². The van der Waals surface area contributed by atoms with Gasteiger partial charge in [-0.05, 0) is 5.56 Å². The fourth-order valence-corrected chi connectivity index (χ4v) is 1.68. The Balaban J connectivity index is 2.06. The van der Waals surface area contributed by atoms with Crippen LogP contribution in [-0.2, 0) is 18.4 Å². The monoisotopic (exact) mass is 246 g/mol. The molecule has 0 aliphatic heterocycles. The molecule has 94 valence electrons. The summed E-state index contributed by atoms with van der Waals surface area (Å²) in [4.78, 5) is 11.2. The van der Waals surface area contributed by atoms with Gasteiger partial charge in [-0.1, -0.05) is 35.5 Å². The first-order valence-corrected chi connectivity index (χ1v) is 5.53. The predicted molar refractivity (Wildman–Crippen MR) is 64.7 cm³/mol. The number of carboxylic acid groups (broad SMARTS) is 1. The van der Waals surface area contributed by atoms with Crippen molar-refractivity contribution in [3.05, 3.63) is 47.8 Å². The van der Waals surface area contributed by atoms with Gasteiger partial charge < -0.3 is 5.11 Å². The average molecular weight is 246 g/mol. The Morgan fingerprint density at radius 3 is 2.72 bits per heavy atom. The van der Waals surface area contributed by atoms with Crippen LogP contribution in [0.15, 0.2) is 36.5 Å². The molecule has 0 saturated heterocycles. The molecule has 1 aromatic heterocycles. The maximum Gasteiger partial charge on any atom is 0.325 e. The summed E-state index contributed by atoms with van der Waals surface area (Å²) in [6, 6.07) is 8.30. The molecule has 1 atom stereocenters. The number of aliphatic carboxylic acids is 1. The molecule has 0 fully saturated rings. The number of carbonyl (C=O) groups is 1. The first kappa shape index (κ1) is 12.3. The molecule has 0 saturated carbocycles. The summed E-state index contributed by atoms with van der Waals surface area (Å²) in [6.07, 6.45) is 1.75. The third kappa shape index (κ3) is 2.92. The second-order valence-corrected chi connectivity index (χ2v) is 3.95. The highest BCUT2D eigenvalue weighted by atomic mass is 16.4. The molecular weight excluding hydrogens is 232 g/mol. The van der Waals surface area contributed by atoms with Crippen LogP contribution in [0.4, 0.5) is 0 Å². The first-order chi connectivity index (χ1) is 8.66. The van der Waals surface area contributed by atoms with E-state index in [1.54, 1.807) is 30.1 Å². The van der Waals surface area contributed by atoms with Crippen LogP contribution in [0.5, 0.6) is 0 Å². The van der Waals surface area contributed by atoms with Crippen molar-refractivity contribution in [2.45, 2.75) is 12.6 Å². The van der Waals surface area contributed by atoms with E-state index in [1.807, 2.05) is 18.2 Å². The van der Waals surface area contributed by atoms with Crippen molar-refractivity contribution in [2.75, 3.05) is 0 Å². The number of carboxylic acids is 1. The topological polar surface area (TPSA) is 80.0 Å². The first-order valence-electron chi connectivity index (χ1n) is 5.53. The Morgan fingerprint density at radius 2 is 2.17 bits per heavy atom. The second-order valence-electron chi connectivity index (χ2n) is 3.95. The van der Waals surface area contributed by atoms with Gasteiger partial charge >= 0.3 is 5.97 Å². The normalized spacial score (nSPS) is 12.3. The lowest BCUT2D eigenvalue weighted by Gasteiger charge is -2.13. The highest BCUT2D eigenvalue weighted by Gasteiger charge is 2.18. The largest absolute Gasteiger partial charge is 0.480 e. The number of benzene rings is 1. The average Bonchev–Trinajstić information content (AvgIpc) is 2.76. The predicted octanol–water partition coefficient (Wildman–Crippen LogP) is 0.731. The molecule has 6 nitrogen and oxygen atoms in total. The van der Waals surface area contributed by atoms with Crippen LogP contribution in [0.3, 0.4) is 0 Å². The zero-order valence-corrected chi connectivity index (χ0v) is 9.95. The SMILES string of the molecule is Cn1cc(CNC(C(=O)O)c2ccccc2)nn1. The fraction of sp³-hybridized carbons (Fsp3) is 0.250. The number of aryl methyl sites for hydroxylation is 1. The fourth-order valence-electron chi connectivity index (χ4n) is 1.68. The third-order valence-electron chi connectivity index (χ3n) is 2.52. The number of rotatable bonds is 5. The lowest BCUT2D eigenvalue weighted by atomic mass is 10.1. The van der Waals surface area contributed by atoms with E-state index in [0.29, 0.717) is 17.8 Å². The van der Waals surface area contributed by atoms with E-state index in [0.717, 1.165) is 0 Å². The smallest absolute Gasteiger partial charge is 0.325 e. The summed E-state index contributed by atoms with van der Waals surface area (Å²) < 4.78 is 1.58. The Morgan fingerprint density at radius 1 is 1.44 bits per heavy atom. The Bertz CT molecular complexity index is 524. The number of nitrogens with zero attached hydrogens (tertiary/aromatic N) is 3. The zero-order chi connectivity index (χ0) is 13.0. The van der Waals surface area contributed by atoms with Gasteiger partial charge in [-0.2, -0.15) is 0 Å². The quantitative estimate of drug-likeness (QED) is 0.813. The van der Waals surface area contributed by atoms with Crippen LogP contribution in [0, 0.1) is 0 Å². The van der Waals surface area contributed by atoms with Gasteiger partial charge in [-0.3, -0.25) is 14.8 Å². The van der Waals surface area contributed by atoms with Gasteiger partial charge in [0.05, 0.1) is 5.69 Å². The number of hydrogen-bond donors (Lipinski definition) is 2. The molecule has 18 heavy (non-hydrogen) atoms. The summed E-state index contributed by atoms with van der Waals surface area (Å²) >= 11 is 0. The van der Waals surface area contributed by atoms with E-state index >= 15 is 0 Å². The molecule has 0 bridgehead atoms. The van der Waals surface area contributed by atoms with Gasteiger partial charge in [0.1, 0.15) is 6.04 Å². The highest BCUT2D eigenvalue weighted by molar-refractivity contribution is 5.75. The van der Waals surface area contributed by atoms with E-state index in [4.69, 9.17) is 0 Å². The molecule has 2 aromatic rings. The third-order valence-corrected chi connectivity index (χ3v) is 2.52. The summed E-state index contributed by atoms with van der Waals surface area (Å²) in [5.41, 5.74) is 1.42. The van der Waals surface area contributed by atoms with Gasteiger partial charge in [-0.25, -0.2) is 0 Å². The molecule has 1 unspecified atom stereocenters. The van der Waals surface area contributed by atoms with Crippen LogP contribution in [-0.4, -0.2) is 26.1 Å². The van der Waals surface area contributed by atoms with Crippen molar-refractivity contribution in [3.8, 4) is 0 Å². The lowest BCUT2D eigenvalue weighted by molar-refractivity contribution is -0.139.